The van der Waals surface area contributed by atoms with Gasteiger partial charge in [0.05, 0.1) is 5.69 Å². The Hall–Kier alpha value is -2.91. The highest BCUT2D eigenvalue weighted by molar-refractivity contribution is 7.90. The van der Waals surface area contributed by atoms with Gasteiger partial charge in [0.25, 0.3) is 0 Å². The zero-order chi connectivity index (χ0) is 25.3. The molecule has 8 nitrogen and oxygen atoms in total. The van der Waals surface area contributed by atoms with Crippen LogP contribution in [0.25, 0.3) is 0 Å². The SMILES string of the molecule is CCCNC(=O)[C@@H](CC)N(Cc1ccc(C)cc1)C(=O)CN(c1ccccc1)S(=O)(=O)N(C)C. The number of carbonyl (C=O) groups excluding carboxylic acids is 2. The number of hydrogen-bond donors (Lipinski definition) is 1. The first kappa shape index (κ1) is 27.3. The molecule has 0 aliphatic heterocycles. The van der Waals surface area contributed by atoms with Gasteiger partial charge in [-0.1, -0.05) is 61.9 Å². The predicted molar refractivity (Wildman–Crippen MR) is 136 cm³/mol. The third kappa shape index (κ3) is 7.04. The molecule has 0 aliphatic carbocycles. The average molecular weight is 489 g/mol. The van der Waals surface area contributed by atoms with Crippen molar-refractivity contribution in [1.82, 2.24) is 14.5 Å². The van der Waals surface area contributed by atoms with Crippen molar-refractivity contribution in [3.63, 3.8) is 0 Å². The molecule has 0 saturated heterocycles. The van der Waals surface area contributed by atoms with Crippen LogP contribution in [0.4, 0.5) is 5.69 Å². The van der Waals surface area contributed by atoms with E-state index in [2.05, 4.69) is 5.32 Å². The van der Waals surface area contributed by atoms with Crippen molar-refractivity contribution in [3.05, 3.63) is 65.7 Å². The largest absolute Gasteiger partial charge is 0.354 e. The monoisotopic (exact) mass is 488 g/mol. The number of anilines is 1. The third-order valence-corrected chi connectivity index (χ3v) is 7.29. The van der Waals surface area contributed by atoms with Gasteiger partial charge in [-0.25, -0.2) is 4.31 Å². The predicted octanol–water partition coefficient (Wildman–Crippen LogP) is 2.94. The molecule has 2 aromatic carbocycles. The zero-order valence-corrected chi connectivity index (χ0v) is 21.5. The fraction of sp³-hybridized carbons (Fsp3) is 0.440. The van der Waals surface area contributed by atoms with E-state index >= 15 is 0 Å². The summed E-state index contributed by atoms with van der Waals surface area (Å²) in [5.74, 6) is -0.695. The van der Waals surface area contributed by atoms with E-state index in [1.54, 1.807) is 30.3 Å². The number of para-hydroxylation sites is 1. The third-order valence-electron chi connectivity index (χ3n) is 5.47. The van der Waals surface area contributed by atoms with Gasteiger partial charge in [-0.15, -0.1) is 0 Å². The van der Waals surface area contributed by atoms with E-state index in [4.69, 9.17) is 0 Å². The van der Waals surface area contributed by atoms with Crippen LogP contribution in [0.5, 0.6) is 0 Å². The molecule has 2 amide bonds. The zero-order valence-electron chi connectivity index (χ0n) is 20.7. The lowest BCUT2D eigenvalue weighted by Gasteiger charge is -2.34. The van der Waals surface area contributed by atoms with Crippen LogP contribution in [0.15, 0.2) is 54.6 Å². The molecule has 186 valence electrons. The van der Waals surface area contributed by atoms with Crippen LogP contribution in [-0.2, 0) is 26.3 Å². The highest BCUT2D eigenvalue weighted by atomic mass is 32.2. The number of benzene rings is 2. The van der Waals surface area contributed by atoms with Gasteiger partial charge in [0.15, 0.2) is 0 Å². The maximum Gasteiger partial charge on any atom is 0.304 e. The Balaban J connectivity index is 2.44. The lowest BCUT2D eigenvalue weighted by Crippen LogP contribution is -2.53. The summed E-state index contributed by atoms with van der Waals surface area (Å²) < 4.78 is 28.4. The molecular weight excluding hydrogens is 452 g/mol. The molecule has 0 spiro atoms. The van der Waals surface area contributed by atoms with Crippen molar-refractivity contribution < 1.29 is 18.0 Å². The first-order valence-corrected chi connectivity index (χ1v) is 12.9. The molecule has 0 saturated carbocycles. The van der Waals surface area contributed by atoms with Crippen LogP contribution in [0, 0.1) is 6.92 Å². The lowest BCUT2D eigenvalue weighted by atomic mass is 10.1. The minimum absolute atomic E-state index is 0.196. The highest BCUT2D eigenvalue weighted by Crippen LogP contribution is 2.21. The van der Waals surface area contributed by atoms with Crippen molar-refractivity contribution in [1.29, 1.82) is 0 Å². The maximum atomic E-state index is 13.7. The average Bonchev–Trinajstić information content (AvgIpc) is 2.82. The summed E-state index contributed by atoms with van der Waals surface area (Å²) in [7, 11) is -1.10. The smallest absolute Gasteiger partial charge is 0.304 e. The van der Waals surface area contributed by atoms with Crippen molar-refractivity contribution >= 4 is 27.7 Å². The van der Waals surface area contributed by atoms with E-state index in [0.29, 0.717) is 18.7 Å². The van der Waals surface area contributed by atoms with Gasteiger partial charge < -0.3 is 10.2 Å². The van der Waals surface area contributed by atoms with E-state index in [0.717, 1.165) is 26.2 Å². The quantitative estimate of drug-likeness (QED) is 0.497. The Bertz CT molecular complexity index is 1040. The van der Waals surface area contributed by atoms with Gasteiger partial charge in [-0.05, 0) is 37.5 Å². The van der Waals surface area contributed by atoms with Crippen molar-refractivity contribution in [2.24, 2.45) is 0 Å². The normalized spacial score (nSPS) is 12.3. The van der Waals surface area contributed by atoms with E-state index in [-0.39, 0.29) is 12.5 Å². The van der Waals surface area contributed by atoms with Gasteiger partial charge in [0.1, 0.15) is 12.6 Å². The van der Waals surface area contributed by atoms with Crippen molar-refractivity contribution in [2.75, 3.05) is 31.5 Å². The Morgan fingerprint density at radius 3 is 2.12 bits per heavy atom. The van der Waals surface area contributed by atoms with Crippen LogP contribution in [0.1, 0.15) is 37.8 Å². The molecule has 9 heteroatoms. The molecule has 0 aromatic heterocycles. The molecule has 0 aliphatic rings. The second kappa shape index (κ2) is 12.5. The van der Waals surface area contributed by atoms with E-state index in [1.165, 1.54) is 19.0 Å². The molecule has 0 fully saturated rings. The van der Waals surface area contributed by atoms with Gasteiger partial charge in [-0.3, -0.25) is 9.59 Å². The molecule has 2 rings (SSSR count). The number of hydrogen-bond acceptors (Lipinski definition) is 4. The minimum atomic E-state index is -3.95. The molecule has 1 N–H and O–H groups in total. The number of carbonyl (C=O) groups is 2. The Morgan fingerprint density at radius 1 is 0.971 bits per heavy atom. The van der Waals surface area contributed by atoms with Crippen LogP contribution in [0.2, 0.25) is 0 Å². The van der Waals surface area contributed by atoms with E-state index < -0.39 is 28.7 Å². The van der Waals surface area contributed by atoms with Crippen molar-refractivity contribution in [2.45, 2.75) is 46.2 Å². The van der Waals surface area contributed by atoms with Crippen LogP contribution < -0.4 is 9.62 Å². The molecule has 1 atom stereocenters. The summed E-state index contributed by atoms with van der Waals surface area (Å²) >= 11 is 0. The second-order valence-electron chi connectivity index (χ2n) is 8.35. The van der Waals surface area contributed by atoms with E-state index in [1.807, 2.05) is 45.0 Å². The van der Waals surface area contributed by atoms with Crippen molar-refractivity contribution in [3.8, 4) is 0 Å². The molecule has 0 bridgehead atoms. The molecule has 0 radical (unpaired) electrons. The maximum absolute atomic E-state index is 13.7. The topological polar surface area (TPSA) is 90.0 Å². The number of nitrogens with zero attached hydrogens (tertiary/aromatic N) is 3. The van der Waals surface area contributed by atoms with Gasteiger partial charge in [0.2, 0.25) is 11.8 Å². The molecule has 0 unspecified atom stereocenters. The summed E-state index contributed by atoms with van der Waals surface area (Å²) in [6.07, 6.45) is 1.18. The van der Waals surface area contributed by atoms with Gasteiger partial charge in [0, 0.05) is 27.2 Å². The molecule has 0 heterocycles. The fourth-order valence-electron chi connectivity index (χ4n) is 3.49. The molecular formula is C25H36N4O4S. The molecule has 34 heavy (non-hydrogen) atoms. The Labute approximate surface area is 203 Å². The van der Waals surface area contributed by atoms with E-state index in [9.17, 15) is 18.0 Å². The van der Waals surface area contributed by atoms with Gasteiger partial charge in [-0.2, -0.15) is 12.7 Å². The summed E-state index contributed by atoms with van der Waals surface area (Å²) in [5.41, 5.74) is 2.33. The second-order valence-corrected chi connectivity index (χ2v) is 10.4. The Morgan fingerprint density at radius 2 is 1.59 bits per heavy atom. The number of nitrogens with one attached hydrogen (secondary N) is 1. The standard InChI is InChI=1S/C25H36N4O4S/c1-6-17-26-25(31)23(7-2)28(18-21-15-13-20(3)14-16-21)24(30)19-29(34(32,33)27(4)5)22-11-9-8-10-12-22/h8-16,23H,6-7,17-19H2,1-5H3,(H,26,31)/t23-/m1/s1. The lowest BCUT2D eigenvalue weighted by molar-refractivity contribution is -0.140. The summed E-state index contributed by atoms with van der Waals surface area (Å²) in [4.78, 5) is 28.1. The number of aryl methyl sites for hydroxylation is 1. The summed E-state index contributed by atoms with van der Waals surface area (Å²) in [6, 6.07) is 15.5. The first-order chi connectivity index (χ1) is 16.1. The molecule has 2 aromatic rings. The summed E-state index contributed by atoms with van der Waals surface area (Å²) in [6.45, 7) is 6.06. The number of amides is 2. The highest BCUT2D eigenvalue weighted by Gasteiger charge is 2.33. The Kier molecular flexibility index (Phi) is 10.1. The summed E-state index contributed by atoms with van der Waals surface area (Å²) in [5, 5.41) is 2.87. The minimum Gasteiger partial charge on any atom is -0.354 e. The van der Waals surface area contributed by atoms with Gasteiger partial charge >= 0.3 is 10.2 Å². The van der Waals surface area contributed by atoms with Crippen LogP contribution in [0.3, 0.4) is 0 Å². The first-order valence-electron chi connectivity index (χ1n) is 11.5. The fourth-order valence-corrected chi connectivity index (χ4v) is 4.54. The number of rotatable bonds is 12. The van der Waals surface area contributed by atoms with Crippen LogP contribution >= 0.6 is 0 Å². The van der Waals surface area contributed by atoms with Crippen LogP contribution in [-0.4, -0.2) is 62.7 Å².